The average Bonchev–Trinajstić information content (AvgIpc) is 2.95. The molecule has 0 aromatic carbocycles. The van der Waals surface area contributed by atoms with Gasteiger partial charge >= 0.3 is 0 Å². The third-order valence-corrected chi connectivity index (χ3v) is 4.51. The van der Waals surface area contributed by atoms with Crippen molar-refractivity contribution in [3.8, 4) is 0 Å². The number of hydrogen-bond donors (Lipinski definition) is 2. The SMILES string of the molecule is CCCCCC[C@@H]1CCC[C@H]1N[C@H]1CNC(=O)C1. The normalized spacial score (nSPS) is 31.8. The summed E-state index contributed by atoms with van der Waals surface area (Å²) >= 11 is 0. The average molecular weight is 252 g/mol. The van der Waals surface area contributed by atoms with E-state index in [9.17, 15) is 4.79 Å². The molecule has 1 saturated carbocycles. The van der Waals surface area contributed by atoms with Crippen LogP contribution in [0.2, 0.25) is 0 Å². The van der Waals surface area contributed by atoms with Crippen molar-refractivity contribution in [1.29, 1.82) is 0 Å². The first-order valence-electron chi connectivity index (χ1n) is 7.82. The van der Waals surface area contributed by atoms with E-state index in [2.05, 4.69) is 17.6 Å². The highest BCUT2D eigenvalue weighted by molar-refractivity contribution is 5.78. The molecule has 2 N–H and O–H groups in total. The van der Waals surface area contributed by atoms with Gasteiger partial charge < -0.3 is 10.6 Å². The van der Waals surface area contributed by atoms with Gasteiger partial charge in [0.25, 0.3) is 0 Å². The molecule has 18 heavy (non-hydrogen) atoms. The number of hydrogen-bond acceptors (Lipinski definition) is 2. The first kappa shape index (κ1) is 13.9. The number of nitrogens with one attached hydrogen (secondary N) is 2. The zero-order valence-corrected chi connectivity index (χ0v) is 11.7. The maximum absolute atomic E-state index is 11.2. The van der Waals surface area contributed by atoms with Gasteiger partial charge in [-0.3, -0.25) is 4.79 Å². The second-order valence-electron chi connectivity index (χ2n) is 6.02. The highest BCUT2D eigenvalue weighted by Crippen LogP contribution is 2.30. The molecular formula is C15H28N2O. The number of rotatable bonds is 7. The monoisotopic (exact) mass is 252 g/mol. The van der Waals surface area contributed by atoms with Crippen LogP contribution in [0.25, 0.3) is 0 Å². The first-order chi connectivity index (χ1) is 8.79. The lowest BCUT2D eigenvalue weighted by atomic mass is 9.95. The van der Waals surface area contributed by atoms with Crippen LogP contribution in [0.4, 0.5) is 0 Å². The largest absolute Gasteiger partial charge is 0.354 e. The van der Waals surface area contributed by atoms with Gasteiger partial charge in [-0.05, 0) is 25.2 Å². The Morgan fingerprint density at radius 3 is 2.89 bits per heavy atom. The molecule has 0 radical (unpaired) electrons. The summed E-state index contributed by atoms with van der Waals surface area (Å²) in [4.78, 5) is 11.2. The van der Waals surface area contributed by atoms with E-state index in [0.717, 1.165) is 12.5 Å². The molecule has 0 aromatic rings. The molecule has 3 heteroatoms. The summed E-state index contributed by atoms with van der Waals surface area (Å²) in [6.07, 6.45) is 11.6. The van der Waals surface area contributed by atoms with Crippen molar-refractivity contribution >= 4 is 5.91 Å². The van der Waals surface area contributed by atoms with Crippen molar-refractivity contribution in [2.24, 2.45) is 5.92 Å². The minimum atomic E-state index is 0.213. The van der Waals surface area contributed by atoms with E-state index >= 15 is 0 Å². The van der Waals surface area contributed by atoms with Crippen molar-refractivity contribution < 1.29 is 4.79 Å². The first-order valence-corrected chi connectivity index (χ1v) is 7.82. The highest BCUT2D eigenvalue weighted by Gasteiger charge is 2.30. The van der Waals surface area contributed by atoms with E-state index in [-0.39, 0.29) is 5.91 Å². The van der Waals surface area contributed by atoms with Crippen LogP contribution >= 0.6 is 0 Å². The third kappa shape index (κ3) is 3.98. The number of carbonyl (C=O) groups excluding carboxylic acids is 1. The van der Waals surface area contributed by atoms with Gasteiger partial charge in [0, 0.05) is 25.0 Å². The standard InChI is InChI=1S/C15H28N2O/c1-2-3-4-5-7-12-8-6-9-14(12)17-13-10-15(18)16-11-13/h12-14,17H,2-11H2,1H3,(H,16,18)/t12-,13-,14-/m1/s1. The molecular weight excluding hydrogens is 224 g/mol. The molecule has 2 aliphatic rings. The van der Waals surface area contributed by atoms with E-state index in [0.29, 0.717) is 18.5 Å². The Morgan fingerprint density at radius 1 is 1.28 bits per heavy atom. The quantitative estimate of drug-likeness (QED) is 0.684. The van der Waals surface area contributed by atoms with Gasteiger partial charge in [-0.2, -0.15) is 0 Å². The van der Waals surface area contributed by atoms with Gasteiger partial charge in [-0.25, -0.2) is 0 Å². The number of unbranched alkanes of at least 4 members (excludes halogenated alkanes) is 3. The van der Waals surface area contributed by atoms with Crippen molar-refractivity contribution in [2.75, 3.05) is 6.54 Å². The zero-order valence-electron chi connectivity index (χ0n) is 11.7. The predicted octanol–water partition coefficient (Wildman–Crippen LogP) is 2.60. The van der Waals surface area contributed by atoms with Crippen LogP contribution in [-0.2, 0) is 4.79 Å². The Labute approximate surface area is 111 Å². The Morgan fingerprint density at radius 2 is 2.17 bits per heavy atom. The van der Waals surface area contributed by atoms with Crippen LogP contribution < -0.4 is 10.6 Å². The van der Waals surface area contributed by atoms with E-state index in [1.54, 1.807) is 0 Å². The Balaban J connectivity index is 1.68. The fraction of sp³-hybridized carbons (Fsp3) is 0.933. The highest BCUT2D eigenvalue weighted by atomic mass is 16.1. The molecule has 1 aliphatic heterocycles. The minimum absolute atomic E-state index is 0.213. The Kier molecular flexibility index (Phi) is 5.48. The summed E-state index contributed by atoms with van der Waals surface area (Å²) in [5, 5.41) is 6.63. The molecule has 0 bridgehead atoms. The summed E-state index contributed by atoms with van der Waals surface area (Å²) < 4.78 is 0. The summed E-state index contributed by atoms with van der Waals surface area (Å²) in [5.74, 6) is 1.07. The van der Waals surface area contributed by atoms with Crippen LogP contribution in [0.15, 0.2) is 0 Å². The van der Waals surface area contributed by atoms with Gasteiger partial charge in [-0.1, -0.05) is 39.0 Å². The van der Waals surface area contributed by atoms with Crippen molar-refractivity contribution in [1.82, 2.24) is 10.6 Å². The van der Waals surface area contributed by atoms with Gasteiger partial charge in [0.2, 0.25) is 5.91 Å². The molecule has 104 valence electrons. The predicted molar refractivity (Wildman–Crippen MR) is 74.4 cm³/mol. The molecule has 0 unspecified atom stereocenters. The summed E-state index contributed by atoms with van der Waals surface area (Å²) in [5.41, 5.74) is 0. The third-order valence-electron chi connectivity index (χ3n) is 4.51. The van der Waals surface area contributed by atoms with Gasteiger partial charge in [0.05, 0.1) is 0 Å². The fourth-order valence-electron chi connectivity index (χ4n) is 3.46. The molecule has 0 aromatic heterocycles. The Bertz CT molecular complexity index is 267. The maximum atomic E-state index is 11.2. The van der Waals surface area contributed by atoms with Gasteiger partial charge in [-0.15, -0.1) is 0 Å². The summed E-state index contributed by atoms with van der Waals surface area (Å²) in [7, 11) is 0. The molecule has 3 atom stereocenters. The van der Waals surface area contributed by atoms with E-state index in [1.165, 1.54) is 51.4 Å². The van der Waals surface area contributed by atoms with Crippen LogP contribution in [0.3, 0.4) is 0 Å². The molecule has 2 rings (SSSR count). The smallest absolute Gasteiger partial charge is 0.221 e. The number of amides is 1. The molecule has 0 spiro atoms. The summed E-state index contributed by atoms with van der Waals surface area (Å²) in [6, 6.07) is 1.06. The van der Waals surface area contributed by atoms with Crippen LogP contribution in [0.5, 0.6) is 0 Å². The summed E-state index contributed by atoms with van der Waals surface area (Å²) in [6.45, 7) is 3.10. The van der Waals surface area contributed by atoms with E-state index in [4.69, 9.17) is 0 Å². The lowest BCUT2D eigenvalue weighted by Crippen LogP contribution is -2.41. The topological polar surface area (TPSA) is 41.1 Å². The molecule has 1 amide bonds. The maximum Gasteiger partial charge on any atom is 0.221 e. The second kappa shape index (κ2) is 7.13. The second-order valence-corrected chi connectivity index (χ2v) is 6.02. The lowest BCUT2D eigenvalue weighted by molar-refractivity contribution is -0.119. The lowest BCUT2D eigenvalue weighted by Gasteiger charge is -2.24. The molecule has 1 saturated heterocycles. The molecule has 2 fully saturated rings. The number of carbonyl (C=O) groups is 1. The zero-order chi connectivity index (χ0) is 12.8. The fourth-order valence-corrected chi connectivity index (χ4v) is 3.46. The van der Waals surface area contributed by atoms with Crippen LogP contribution in [0, 0.1) is 5.92 Å². The van der Waals surface area contributed by atoms with Crippen molar-refractivity contribution in [3.63, 3.8) is 0 Å². The van der Waals surface area contributed by atoms with Crippen molar-refractivity contribution in [3.05, 3.63) is 0 Å². The van der Waals surface area contributed by atoms with E-state index in [1.807, 2.05) is 0 Å². The molecule has 1 heterocycles. The minimum Gasteiger partial charge on any atom is -0.354 e. The Hall–Kier alpha value is -0.570. The van der Waals surface area contributed by atoms with Gasteiger partial charge in [0.15, 0.2) is 0 Å². The van der Waals surface area contributed by atoms with Crippen LogP contribution in [0.1, 0.15) is 64.7 Å². The van der Waals surface area contributed by atoms with Gasteiger partial charge in [0.1, 0.15) is 0 Å². The van der Waals surface area contributed by atoms with Crippen LogP contribution in [-0.4, -0.2) is 24.5 Å². The van der Waals surface area contributed by atoms with E-state index < -0.39 is 0 Å². The molecule has 1 aliphatic carbocycles. The van der Waals surface area contributed by atoms with Crippen molar-refractivity contribution in [2.45, 2.75) is 76.8 Å². The molecule has 3 nitrogen and oxygen atoms in total.